The fourth-order valence-electron chi connectivity index (χ4n) is 1.61. The van der Waals surface area contributed by atoms with Gasteiger partial charge in [0.1, 0.15) is 0 Å². The first kappa shape index (κ1) is 14.6. The number of nitrogens with zero attached hydrogens (tertiary/aromatic N) is 2. The molecule has 0 spiro atoms. The van der Waals surface area contributed by atoms with E-state index in [4.69, 9.17) is 4.74 Å². The van der Waals surface area contributed by atoms with Crippen molar-refractivity contribution in [2.45, 2.75) is 19.6 Å². The van der Waals surface area contributed by atoms with Gasteiger partial charge in [0.2, 0.25) is 0 Å². The maximum atomic E-state index is 11.9. The molecular weight excluding hydrogens is 270 g/mol. The minimum absolute atomic E-state index is 0.0696. The van der Waals surface area contributed by atoms with Crippen LogP contribution in [0.1, 0.15) is 23.0 Å². The number of hydrogen-bond donors (Lipinski definition) is 1. The summed E-state index contributed by atoms with van der Waals surface area (Å²) in [7, 11) is 0. The summed E-state index contributed by atoms with van der Waals surface area (Å²) in [5.74, 6) is -1.04. The Morgan fingerprint density at radius 3 is 2.67 bits per heavy atom. The van der Waals surface area contributed by atoms with Crippen molar-refractivity contribution in [1.82, 2.24) is 15.3 Å². The zero-order valence-electron chi connectivity index (χ0n) is 11.5. The molecule has 6 nitrogen and oxygen atoms in total. The average molecular weight is 285 g/mol. The number of nitrogens with one attached hydrogen (secondary N) is 1. The van der Waals surface area contributed by atoms with Crippen molar-refractivity contribution in [1.29, 1.82) is 0 Å². The van der Waals surface area contributed by atoms with Crippen LogP contribution in [0.15, 0.2) is 48.9 Å². The first-order chi connectivity index (χ1) is 10.2. The van der Waals surface area contributed by atoms with Gasteiger partial charge in [-0.05, 0) is 12.5 Å². The lowest BCUT2D eigenvalue weighted by molar-refractivity contribution is -0.129. The zero-order chi connectivity index (χ0) is 15.1. The van der Waals surface area contributed by atoms with Gasteiger partial charge in [-0.3, -0.25) is 9.78 Å². The maximum absolute atomic E-state index is 11.9. The molecule has 1 aromatic heterocycles. The van der Waals surface area contributed by atoms with Crippen molar-refractivity contribution in [3.8, 4) is 0 Å². The number of carbonyl (C=O) groups is 2. The van der Waals surface area contributed by atoms with Gasteiger partial charge in [-0.2, -0.15) is 0 Å². The summed E-state index contributed by atoms with van der Waals surface area (Å²) in [5.41, 5.74) is 1.04. The Bertz CT molecular complexity index is 602. The van der Waals surface area contributed by atoms with Gasteiger partial charge < -0.3 is 10.1 Å². The third-order valence-electron chi connectivity index (χ3n) is 2.73. The van der Waals surface area contributed by atoms with E-state index in [9.17, 15) is 9.59 Å². The maximum Gasteiger partial charge on any atom is 0.359 e. The number of amides is 1. The Kier molecular flexibility index (Phi) is 4.98. The zero-order valence-corrected chi connectivity index (χ0v) is 11.5. The van der Waals surface area contributed by atoms with E-state index in [1.807, 2.05) is 30.3 Å². The summed E-state index contributed by atoms with van der Waals surface area (Å²) in [6, 6.07) is 9.47. The summed E-state index contributed by atoms with van der Waals surface area (Å²) in [4.78, 5) is 31.2. The highest BCUT2D eigenvalue weighted by atomic mass is 16.5. The number of rotatable bonds is 5. The number of carbonyl (C=O) groups excluding carboxylic acids is 2. The Labute approximate surface area is 122 Å². The molecule has 0 fully saturated rings. The predicted octanol–water partition coefficient (Wildman–Crippen LogP) is 1.34. The van der Waals surface area contributed by atoms with E-state index in [-0.39, 0.29) is 11.6 Å². The number of hydrogen-bond acceptors (Lipinski definition) is 5. The van der Waals surface area contributed by atoms with Crippen molar-refractivity contribution >= 4 is 11.9 Å². The van der Waals surface area contributed by atoms with E-state index >= 15 is 0 Å². The molecule has 1 N–H and O–H groups in total. The third-order valence-corrected chi connectivity index (χ3v) is 2.73. The molecule has 0 aliphatic rings. The molecule has 0 radical (unpaired) electrons. The van der Waals surface area contributed by atoms with E-state index in [1.165, 1.54) is 25.5 Å². The Morgan fingerprint density at radius 1 is 1.24 bits per heavy atom. The summed E-state index contributed by atoms with van der Waals surface area (Å²) in [6.07, 6.45) is 3.23. The van der Waals surface area contributed by atoms with Gasteiger partial charge in [0.05, 0.1) is 6.20 Å². The van der Waals surface area contributed by atoms with Crippen molar-refractivity contribution in [2.75, 3.05) is 0 Å². The van der Waals surface area contributed by atoms with Gasteiger partial charge in [0.15, 0.2) is 11.8 Å². The van der Waals surface area contributed by atoms with Crippen LogP contribution < -0.4 is 5.32 Å². The lowest BCUT2D eigenvalue weighted by atomic mass is 10.2. The smallest absolute Gasteiger partial charge is 0.359 e. The van der Waals surface area contributed by atoms with Gasteiger partial charge in [-0.1, -0.05) is 30.3 Å². The van der Waals surface area contributed by atoms with Gasteiger partial charge in [-0.15, -0.1) is 0 Å². The van der Waals surface area contributed by atoms with Crippen molar-refractivity contribution < 1.29 is 14.3 Å². The van der Waals surface area contributed by atoms with Gasteiger partial charge in [0.25, 0.3) is 5.91 Å². The van der Waals surface area contributed by atoms with Gasteiger partial charge >= 0.3 is 5.97 Å². The average Bonchev–Trinajstić information content (AvgIpc) is 2.54. The van der Waals surface area contributed by atoms with E-state index in [0.29, 0.717) is 6.54 Å². The van der Waals surface area contributed by atoms with Crippen molar-refractivity contribution in [3.05, 3.63) is 60.2 Å². The van der Waals surface area contributed by atoms with Crippen LogP contribution >= 0.6 is 0 Å². The Morgan fingerprint density at radius 2 is 2.00 bits per heavy atom. The SMILES string of the molecule is C[C@H](OC(=O)c1cnccn1)C(=O)NCc1ccccc1. The molecule has 2 aromatic rings. The first-order valence-electron chi connectivity index (χ1n) is 6.45. The minimum Gasteiger partial charge on any atom is -0.448 e. The molecule has 108 valence electrons. The topological polar surface area (TPSA) is 81.2 Å². The van der Waals surface area contributed by atoms with Crippen LogP contribution in [0.5, 0.6) is 0 Å². The Hall–Kier alpha value is -2.76. The molecule has 1 atom stereocenters. The monoisotopic (exact) mass is 285 g/mol. The first-order valence-corrected chi connectivity index (χ1v) is 6.45. The lowest BCUT2D eigenvalue weighted by Crippen LogP contribution is -2.35. The normalized spacial score (nSPS) is 11.5. The molecule has 6 heteroatoms. The van der Waals surface area contributed by atoms with Crippen molar-refractivity contribution in [2.24, 2.45) is 0 Å². The van der Waals surface area contributed by atoms with E-state index in [0.717, 1.165) is 5.56 Å². The molecule has 1 heterocycles. The molecule has 0 saturated heterocycles. The molecule has 2 rings (SSSR count). The van der Waals surface area contributed by atoms with Gasteiger partial charge in [0, 0.05) is 18.9 Å². The third kappa shape index (κ3) is 4.38. The van der Waals surface area contributed by atoms with Crippen LogP contribution in [-0.4, -0.2) is 27.9 Å². The number of benzene rings is 1. The minimum atomic E-state index is -0.900. The van der Waals surface area contributed by atoms with Crippen molar-refractivity contribution in [3.63, 3.8) is 0 Å². The molecule has 0 aliphatic carbocycles. The molecule has 0 bridgehead atoms. The molecule has 0 unspecified atom stereocenters. The van der Waals surface area contributed by atoms with Crippen LogP contribution in [0, 0.1) is 0 Å². The second-order valence-corrected chi connectivity index (χ2v) is 4.34. The number of aromatic nitrogens is 2. The molecule has 0 saturated carbocycles. The van der Waals surface area contributed by atoms with Crippen LogP contribution in [0.4, 0.5) is 0 Å². The second-order valence-electron chi connectivity index (χ2n) is 4.34. The highest BCUT2D eigenvalue weighted by Gasteiger charge is 2.19. The van der Waals surface area contributed by atoms with E-state index in [1.54, 1.807) is 0 Å². The number of ether oxygens (including phenoxy) is 1. The molecule has 1 amide bonds. The lowest BCUT2D eigenvalue weighted by Gasteiger charge is -2.13. The van der Waals surface area contributed by atoms with Crippen LogP contribution in [0.25, 0.3) is 0 Å². The Balaban J connectivity index is 1.84. The summed E-state index contributed by atoms with van der Waals surface area (Å²) in [6.45, 7) is 1.89. The van der Waals surface area contributed by atoms with Crippen LogP contribution in [0.2, 0.25) is 0 Å². The standard InChI is InChI=1S/C15H15N3O3/c1-11(21-15(20)13-10-16-7-8-17-13)14(19)18-9-12-5-3-2-4-6-12/h2-8,10-11H,9H2,1H3,(H,18,19)/t11-/m0/s1. The second kappa shape index (κ2) is 7.14. The molecule has 1 aromatic carbocycles. The molecular formula is C15H15N3O3. The summed E-state index contributed by atoms with van der Waals surface area (Å²) < 4.78 is 5.03. The van der Waals surface area contributed by atoms with Crippen LogP contribution in [-0.2, 0) is 16.1 Å². The largest absolute Gasteiger partial charge is 0.448 e. The summed E-state index contributed by atoms with van der Waals surface area (Å²) in [5, 5.41) is 2.70. The number of esters is 1. The fraction of sp³-hybridized carbons (Fsp3) is 0.200. The molecule has 21 heavy (non-hydrogen) atoms. The predicted molar refractivity (Wildman–Crippen MR) is 75.2 cm³/mol. The highest BCUT2D eigenvalue weighted by Crippen LogP contribution is 2.01. The van der Waals surface area contributed by atoms with Crippen LogP contribution in [0.3, 0.4) is 0 Å². The van der Waals surface area contributed by atoms with Gasteiger partial charge in [-0.25, -0.2) is 9.78 Å². The quantitative estimate of drug-likeness (QED) is 0.838. The fourth-order valence-corrected chi connectivity index (χ4v) is 1.61. The molecule has 0 aliphatic heterocycles. The van der Waals surface area contributed by atoms with E-state index < -0.39 is 12.1 Å². The summed E-state index contributed by atoms with van der Waals surface area (Å²) >= 11 is 0. The highest BCUT2D eigenvalue weighted by molar-refractivity contribution is 5.90. The van der Waals surface area contributed by atoms with E-state index in [2.05, 4.69) is 15.3 Å².